The first-order chi connectivity index (χ1) is 16.4. The second-order valence-corrected chi connectivity index (χ2v) is 8.68. The van der Waals surface area contributed by atoms with E-state index in [4.69, 9.17) is 9.84 Å². The predicted molar refractivity (Wildman–Crippen MR) is 131 cm³/mol. The van der Waals surface area contributed by atoms with Gasteiger partial charge in [-0.05, 0) is 35.1 Å². The number of fused-ring (bicyclic) bond motifs is 3. The van der Waals surface area contributed by atoms with Gasteiger partial charge in [-0.25, -0.2) is 4.79 Å². The Bertz CT molecular complexity index is 961. The number of hydrogen-bond donors (Lipinski definition) is 2. The molecular formula is C27H34N2O5. The molecule has 0 unspecified atom stereocenters. The lowest BCUT2D eigenvalue weighted by atomic mass is 9.98. The molecule has 0 saturated heterocycles. The summed E-state index contributed by atoms with van der Waals surface area (Å²) in [6.45, 7) is 4.82. The van der Waals surface area contributed by atoms with Crippen LogP contribution in [0, 0.1) is 0 Å². The maximum absolute atomic E-state index is 12.8. The number of ether oxygens (including phenoxy) is 1. The summed E-state index contributed by atoms with van der Waals surface area (Å²) < 4.78 is 5.63. The van der Waals surface area contributed by atoms with Crippen molar-refractivity contribution in [3.63, 3.8) is 0 Å². The van der Waals surface area contributed by atoms with E-state index in [1.165, 1.54) is 11.1 Å². The minimum atomic E-state index is -0.934. The quantitative estimate of drug-likeness (QED) is 0.469. The molecule has 2 N–H and O–H groups in total. The highest BCUT2D eigenvalue weighted by Gasteiger charge is 2.29. The Morgan fingerprint density at radius 1 is 0.971 bits per heavy atom. The third kappa shape index (κ3) is 6.37. The molecule has 0 saturated carbocycles. The minimum absolute atomic E-state index is 0.0273. The number of nitrogens with zero attached hydrogens (tertiary/aromatic N) is 1. The Morgan fingerprint density at radius 3 is 2.15 bits per heavy atom. The van der Waals surface area contributed by atoms with E-state index < -0.39 is 12.1 Å². The molecule has 0 bridgehead atoms. The smallest absolute Gasteiger partial charge is 0.407 e. The second-order valence-electron chi connectivity index (χ2n) is 8.68. The number of alkyl carbamates (subject to hydrolysis) is 1. The number of aliphatic carboxylic acids is 1. The first-order valence-corrected chi connectivity index (χ1v) is 12.1. The molecule has 0 radical (unpaired) electrons. The molecule has 2 aromatic rings. The van der Waals surface area contributed by atoms with Gasteiger partial charge in [0.05, 0.1) is 6.42 Å². The lowest BCUT2D eigenvalue weighted by molar-refractivity contribution is -0.138. The van der Waals surface area contributed by atoms with Gasteiger partial charge in [-0.15, -0.1) is 0 Å². The van der Waals surface area contributed by atoms with Gasteiger partial charge in [0.1, 0.15) is 6.61 Å². The third-order valence-corrected chi connectivity index (χ3v) is 6.17. The molecule has 0 spiro atoms. The zero-order chi connectivity index (χ0) is 24.5. The van der Waals surface area contributed by atoms with Crippen LogP contribution in [-0.2, 0) is 14.3 Å². The Morgan fingerprint density at radius 2 is 1.59 bits per heavy atom. The van der Waals surface area contributed by atoms with Crippen LogP contribution in [0.3, 0.4) is 0 Å². The van der Waals surface area contributed by atoms with Crippen LogP contribution >= 0.6 is 0 Å². The molecular weight excluding hydrogens is 432 g/mol. The summed E-state index contributed by atoms with van der Waals surface area (Å²) in [7, 11) is 0. The van der Waals surface area contributed by atoms with E-state index in [0.29, 0.717) is 13.0 Å². The van der Waals surface area contributed by atoms with Crippen molar-refractivity contribution in [2.45, 2.75) is 57.9 Å². The average molecular weight is 467 g/mol. The van der Waals surface area contributed by atoms with Crippen molar-refractivity contribution in [1.82, 2.24) is 10.2 Å². The second kappa shape index (κ2) is 12.2. The maximum atomic E-state index is 12.8. The molecule has 1 aliphatic rings. The molecule has 1 atom stereocenters. The van der Waals surface area contributed by atoms with E-state index in [9.17, 15) is 14.4 Å². The topological polar surface area (TPSA) is 95.9 Å². The Hall–Kier alpha value is -3.35. The highest BCUT2D eigenvalue weighted by atomic mass is 16.5. The van der Waals surface area contributed by atoms with Crippen molar-refractivity contribution in [2.24, 2.45) is 0 Å². The number of carbonyl (C=O) groups is 3. The predicted octanol–water partition coefficient (Wildman–Crippen LogP) is 4.80. The number of rotatable bonds is 12. The summed E-state index contributed by atoms with van der Waals surface area (Å²) in [5.74, 6) is -1.11. The monoisotopic (exact) mass is 466 g/mol. The summed E-state index contributed by atoms with van der Waals surface area (Å²) >= 11 is 0. The van der Waals surface area contributed by atoms with Gasteiger partial charge in [-0.2, -0.15) is 0 Å². The number of amides is 2. The van der Waals surface area contributed by atoms with Gasteiger partial charge >= 0.3 is 12.1 Å². The molecule has 7 nitrogen and oxygen atoms in total. The molecule has 2 aromatic carbocycles. The van der Waals surface area contributed by atoms with Crippen molar-refractivity contribution < 1.29 is 24.2 Å². The van der Waals surface area contributed by atoms with Crippen LogP contribution in [0.2, 0.25) is 0 Å². The van der Waals surface area contributed by atoms with Crippen LogP contribution in [0.4, 0.5) is 4.79 Å². The summed E-state index contributed by atoms with van der Waals surface area (Å²) in [5, 5.41) is 11.8. The number of nitrogens with one attached hydrogen (secondary N) is 1. The van der Waals surface area contributed by atoms with E-state index in [0.717, 1.165) is 24.0 Å². The highest BCUT2D eigenvalue weighted by Crippen LogP contribution is 2.44. The van der Waals surface area contributed by atoms with E-state index in [2.05, 4.69) is 29.6 Å². The van der Waals surface area contributed by atoms with E-state index in [1.54, 1.807) is 4.90 Å². The molecule has 7 heteroatoms. The third-order valence-electron chi connectivity index (χ3n) is 6.17. The average Bonchev–Trinajstić information content (AvgIpc) is 3.14. The van der Waals surface area contributed by atoms with Crippen molar-refractivity contribution in [1.29, 1.82) is 0 Å². The van der Waals surface area contributed by atoms with Gasteiger partial charge in [0.15, 0.2) is 0 Å². The molecule has 182 valence electrons. The van der Waals surface area contributed by atoms with E-state index in [-0.39, 0.29) is 43.9 Å². The van der Waals surface area contributed by atoms with Crippen molar-refractivity contribution in [2.75, 3.05) is 19.7 Å². The lowest BCUT2D eigenvalue weighted by Crippen LogP contribution is -2.42. The molecule has 0 aromatic heterocycles. The molecule has 0 fully saturated rings. The summed E-state index contributed by atoms with van der Waals surface area (Å²) in [4.78, 5) is 37.9. The lowest BCUT2D eigenvalue weighted by Gasteiger charge is -2.25. The van der Waals surface area contributed by atoms with Crippen molar-refractivity contribution >= 4 is 18.0 Å². The van der Waals surface area contributed by atoms with Crippen molar-refractivity contribution in [3.8, 4) is 11.1 Å². The zero-order valence-corrected chi connectivity index (χ0v) is 20.0. The molecule has 3 rings (SSSR count). The van der Waals surface area contributed by atoms with Crippen LogP contribution in [0.5, 0.6) is 0 Å². The number of benzene rings is 2. The van der Waals surface area contributed by atoms with Crippen LogP contribution in [0.1, 0.15) is 63.0 Å². The fourth-order valence-corrected chi connectivity index (χ4v) is 4.58. The SMILES string of the molecule is CCC[C@@H](CC(=O)N(CCC)CCC(=O)O)NC(=O)OCC1c2ccccc2-c2ccccc21. The molecule has 0 aliphatic heterocycles. The van der Waals surface area contributed by atoms with Gasteiger partial charge in [0, 0.05) is 31.5 Å². The van der Waals surface area contributed by atoms with Gasteiger partial charge < -0.3 is 20.1 Å². The summed E-state index contributed by atoms with van der Waals surface area (Å²) in [5.41, 5.74) is 4.62. The maximum Gasteiger partial charge on any atom is 0.407 e. The van der Waals surface area contributed by atoms with E-state index >= 15 is 0 Å². The summed E-state index contributed by atoms with van der Waals surface area (Å²) in [6, 6.07) is 16.0. The van der Waals surface area contributed by atoms with Crippen LogP contribution < -0.4 is 5.32 Å². The standard InChI is InChI=1S/C27H34N2O5/c1-3-9-19(17-25(30)29(15-4-2)16-14-26(31)32)28-27(33)34-18-24-22-12-7-5-10-20(22)21-11-6-8-13-23(21)24/h5-8,10-13,19,24H,3-4,9,14-18H2,1-2H3,(H,28,33)(H,31,32)/t19-/m0/s1. The molecule has 34 heavy (non-hydrogen) atoms. The van der Waals surface area contributed by atoms with Crippen LogP contribution in [0.15, 0.2) is 48.5 Å². The van der Waals surface area contributed by atoms with Crippen LogP contribution in [-0.4, -0.2) is 53.7 Å². The normalized spacial score (nSPS) is 13.0. The van der Waals surface area contributed by atoms with Gasteiger partial charge in [-0.3, -0.25) is 9.59 Å². The number of carbonyl (C=O) groups excluding carboxylic acids is 2. The molecule has 1 aliphatic carbocycles. The van der Waals surface area contributed by atoms with Crippen molar-refractivity contribution in [3.05, 3.63) is 59.7 Å². The van der Waals surface area contributed by atoms with Gasteiger partial charge in [0.25, 0.3) is 0 Å². The Labute approximate surface area is 201 Å². The first kappa shape index (κ1) is 25.3. The number of carboxylic acid groups (broad SMARTS) is 1. The molecule has 0 heterocycles. The number of hydrogen-bond acceptors (Lipinski definition) is 4. The number of carboxylic acids is 1. The summed E-state index contributed by atoms with van der Waals surface area (Å²) in [6.07, 6.45) is 1.66. The minimum Gasteiger partial charge on any atom is -0.481 e. The first-order valence-electron chi connectivity index (χ1n) is 12.1. The van der Waals surface area contributed by atoms with Gasteiger partial charge in [0.2, 0.25) is 5.91 Å². The molecule has 2 amide bonds. The van der Waals surface area contributed by atoms with E-state index in [1.807, 2.05) is 38.1 Å². The largest absolute Gasteiger partial charge is 0.481 e. The van der Waals surface area contributed by atoms with Crippen LogP contribution in [0.25, 0.3) is 11.1 Å². The highest BCUT2D eigenvalue weighted by molar-refractivity contribution is 5.80. The van der Waals surface area contributed by atoms with Gasteiger partial charge in [-0.1, -0.05) is 68.8 Å². The zero-order valence-electron chi connectivity index (χ0n) is 20.0. The fourth-order valence-electron chi connectivity index (χ4n) is 4.58. The fraction of sp³-hybridized carbons (Fsp3) is 0.444. The Kier molecular flexibility index (Phi) is 9.08. The Balaban J connectivity index is 1.60.